The molecule has 0 aromatic carbocycles. The van der Waals surface area contributed by atoms with Gasteiger partial charge in [-0.1, -0.05) is 0 Å². The average Bonchev–Trinajstić information content (AvgIpc) is 2.54. The second-order valence-electron chi connectivity index (χ2n) is 2.76. The topological polar surface area (TPSA) is 48.2 Å². The van der Waals surface area contributed by atoms with Crippen molar-refractivity contribution in [2.45, 2.75) is 25.4 Å². The molecule has 1 aliphatic heterocycles. The maximum absolute atomic E-state index is 5.51. The third kappa shape index (κ3) is 1.59. The van der Waals surface area contributed by atoms with Gasteiger partial charge in [-0.15, -0.1) is 0 Å². The summed E-state index contributed by atoms with van der Waals surface area (Å²) in [7, 11) is 0. The number of ether oxygens (including phenoxy) is 1. The highest BCUT2D eigenvalue weighted by molar-refractivity contribution is 6.28. The number of rotatable bonds is 1. The predicted octanol–water partition coefficient (Wildman–Crippen LogP) is 1.96. The minimum Gasteiger partial charge on any atom is -0.368 e. The summed E-state index contributed by atoms with van der Waals surface area (Å²) < 4.78 is 10.3. The van der Waals surface area contributed by atoms with Crippen LogP contribution in [0, 0.1) is 0 Å². The highest BCUT2D eigenvalue weighted by Crippen LogP contribution is 2.26. The lowest BCUT2D eigenvalue weighted by Crippen LogP contribution is -2.11. The third-order valence-electron chi connectivity index (χ3n) is 1.87. The largest absolute Gasteiger partial charge is 0.368 e. The molecule has 1 unspecified atom stereocenters. The Kier molecular flexibility index (Phi) is 2.28. The predicted molar refractivity (Wildman–Crippen MR) is 41.9 cm³/mol. The molecule has 5 heteroatoms. The highest BCUT2D eigenvalue weighted by atomic mass is 35.5. The van der Waals surface area contributed by atoms with Crippen LogP contribution in [0.1, 0.15) is 31.3 Å². The van der Waals surface area contributed by atoms with Crippen molar-refractivity contribution in [1.29, 1.82) is 0 Å². The Labute approximate surface area is 74.9 Å². The van der Waals surface area contributed by atoms with Crippen LogP contribution in [0.2, 0.25) is 5.28 Å². The van der Waals surface area contributed by atoms with E-state index in [0.717, 1.165) is 25.9 Å². The first-order chi connectivity index (χ1) is 5.86. The smallest absolute Gasteiger partial charge is 0.263 e. The van der Waals surface area contributed by atoms with Gasteiger partial charge in [-0.2, -0.15) is 4.98 Å². The van der Waals surface area contributed by atoms with Crippen LogP contribution in [0.25, 0.3) is 0 Å². The number of halogens is 1. The molecule has 2 heterocycles. The standard InChI is InChI=1S/C7H9ClN2O2/c8-7-9-6(12-10-7)5-3-1-2-4-11-5/h5H,1-4H2. The molecule has 1 aromatic rings. The molecule has 1 aliphatic rings. The Balaban J connectivity index is 2.08. The van der Waals surface area contributed by atoms with Crippen molar-refractivity contribution in [3.05, 3.63) is 11.2 Å². The van der Waals surface area contributed by atoms with Crippen LogP contribution in [0.15, 0.2) is 4.52 Å². The second-order valence-corrected chi connectivity index (χ2v) is 3.09. The first kappa shape index (κ1) is 8.01. The second kappa shape index (κ2) is 3.41. The number of aromatic nitrogens is 2. The molecule has 0 bridgehead atoms. The molecule has 1 saturated heterocycles. The minimum atomic E-state index is -0.0428. The Hall–Kier alpha value is -0.610. The number of nitrogens with zero attached hydrogens (tertiary/aromatic N) is 2. The molecule has 4 nitrogen and oxygen atoms in total. The van der Waals surface area contributed by atoms with Gasteiger partial charge in [0.15, 0.2) is 0 Å². The molecular formula is C7H9ClN2O2. The summed E-state index contributed by atoms with van der Waals surface area (Å²) in [5.74, 6) is 0.500. The van der Waals surface area contributed by atoms with Gasteiger partial charge in [-0.25, -0.2) is 0 Å². The van der Waals surface area contributed by atoms with Gasteiger partial charge < -0.3 is 9.26 Å². The van der Waals surface area contributed by atoms with Crippen LogP contribution in [-0.2, 0) is 4.74 Å². The van der Waals surface area contributed by atoms with Crippen molar-refractivity contribution >= 4 is 11.6 Å². The van der Waals surface area contributed by atoms with Gasteiger partial charge in [0.05, 0.1) is 0 Å². The van der Waals surface area contributed by atoms with Gasteiger partial charge >= 0.3 is 0 Å². The quantitative estimate of drug-likeness (QED) is 0.676. The molecule has 0 saturated carbocycles. The normalized spacial score (nSPS) is 24.2. The lowest BCUT2D eigenvalue weighted by molar-refractivity contribution is -0.00459. The zero-order valence-corrected chi connectivity index (χ0v) is 7.25. The molecule has 0 aliphatic carbocycles. The van der Waals surface area contributed by atoms with Gasteiger partial charge in [0.25, 0.3) is 11.2 Å². The van der Waals surface area contributed by atoms with E-state index in [1.54, 1.807) is 0 Å². The summed E-state index contributed by atoms with van der Waals surface area (Å²) in [5.41, 5.74) is 0. The molecule has 1 fully saturated rings. The van der Waals surface area contributed by atoms with E-state index < -0.39 is 0 Å². The fourth-order valence-corrected chi connectivity index (χ4v) is 1.40. The summed E-state index contributed by atoms with van der Waals surface area (Å²) in [6.07, 6.45) is 3.15. The Morgan fingerprint density at radius 1 is 1.42 bits per heavy atom. The maximum Gasteiger partial charge on any atom is 0.263 e. The van der Waals surface area contributed by atoms with Crippen molar-refractivity contribution in [1.82, 2.24) is 10.1 Å². The summed E-state index contributed by atoms with van der Waals surface area (Å²) in [6.45, 7) is 0.769. The van der Waals surface area contributed by atoms with Crippen molar-refractivity contribution < 1.29 is 9.26 Å². The van der Waals surface area contributed by atoms with E-state index in [2.05, 4.69) is 10.1 Å². The molecule has 12 heavy (non-hydrogen) atoms. The molecule has 1 aromatic heterocycles. The van der Waals surface area contributed by atoms with Gasteiger partial charge in [-0.3, -0.25) is 0 Å². The summed E-state index contributed by atoms with van der Waals surface area (Å²) in [4.78, 5) is 3.90. The van der Waals surface area contributed by atoms with Crippen molar-refractivity contribution in [3.63, 3.8) is 0 Å². The molecule has 1 atom stereocenters. The molecule has 0 spiro atoms. The van der Waals surface area contributed by atoms with E-state index in [1.165, 1.54) is 0 Å². The van der Waals surface area contributed by atoms with Gasteiger partial charge in [0, 0.05) is 6.61 Å². The lowest BCUT2D eigenvalue weighted by Gasteiger charge is -2.18. The highest BCUT2D eigenvalue weighted by Gasteiger charge is 2.21. The molecule has 0 radical (unpaired) electrons. The van der Waals surface area contributed by atoms with E-state index in [9.17, 15) is 0 Å². The number of hydrogen-bond acceptors (Lipinski definition) is 4. The van der Waals surface area contributed by atoms with Gasteiger partial charge in [-0.05, 0) is 36.0 Å². The summed E-state index contributed by atoms with van der Waals surface area (Å²) in [5, 5.41) is 3.64. The molecule has 0 N–H and O–H groups in total. The van der Waals surface area contributed by atoms with Crippen LogP contribution in [0.5, 0.6) is 0 Å². The summed E-state index contributed by atoms with van der Waals surface area (Å²) >= 11 is 5.51. The monoisotopic (exact) mass is 188 g/mol. The SMILES string of the molecule is Clc1noc(C2CCCCO2)n1. The Morgan fingerprint density at radius 2 is 2.33 bits per heavy atom. The minimum absolute atomic E-state index is 0.0428. The van der Waals surface area contributed by atoms with Gasteiger partial charge in [0.2, 0.25) is 0 Å². The number of hydrogen-bond donors (Lipinski definition) is 0. The summed E-state index contributed by atoms with van der Waals surface area (Å²) in [6, 6.07) is 0. The van der Waals surface area contributed by atoms with E-state index >= 15 is 0 Å². The van der Waals surface area contributed by atoms with Gasteiger partial charge in [0.1, 0.15) is 6.10 Å². The van der Waals surface area contributed by atoms with E-state index in [0.29, 0.717) is 5.89 Å². The van der Waals surface area contributed by atoms with E-state index in [-0.39, 0.29) is 11.4 Å². The molecule has 2 rings (SSSR count). The average molecular weight is 189 g/mol. The van der Waals surface area contributed by atoms with Crippen molar-refractivity contribution in [2.75, 3.05) is 6.61 Å². The van der Waals surface area contributed by atoms with Crippen molar-refractivity contribution in [3.8, 4) is 0 Å². The van der Waals surface area contributed by atoms with E-state index in [1.807, 2.05) is 0 Å². The molecule has 66 valence electrons. The zero-order valence-electron chi connectivity index (χ0n) is 6.49. The first-order valence-electron chi connectivity index (χ1n) is 3.97. The third-order valence-corrected chi connectivity index (χ3v) is 2.03. The van der Waals surface area contributed by atoms with E-state index in [4.69, 9.17) is 20.9 Å². The molecular weight excluding hydrogens is 180 g/mol. The first-order valence-corrected chi connectivity index (χ1v) is 4.35. The Bertz CT molecular complexity index is 258. The Morgan fingerprint density at radius 3 is 2.92 bits per heavy atom. The maximum atomic E-state index is 5.51. The van der Waals surface area contributed by atoms with Crippen LogP contribution >= 0.6 is 11.6 Å². The lowest BCUT2D eigenvalue weighted by atomic mass is 10.1. The fourth-order valence-electron chi connectivity index (χ4n) is 1.28. The van der Waals surface area contributed by atoms with Crippen LogP contribution < -0.4 is 0 Å². The van der Waals surface area contributed by atoms with Crippen LogP contribution in [-0.4, -0.2) is 16.7 Å². The van der Waals surface area contributed by atoms with Crippen LogP contribution in [0.4, 0.5) is 0 Å². The van der Waals surface area contributed by atoms with Crippen LogP contribution in [0.3, 0.4) is 0 Å². The molecule has 0 amide bonds. The zero-order chi connectivity index (χ0) is 8.39. The van der Waals surface area contributed by atoms with Crippen molar-refractivity contribution in [2.24, 2.45) is 0 Å². The fraction of sp³-hybridized carbons (Fsp3) is 0.714.